The van der Waals surface area contributed by atoms with Crippen molar-refractivity contribution in [2.24, 2.45) is 5.92 Å². The Kier molecular flexibility index (Phi) is 9.65. The SMILES string of the molecule is C=CC(F)(F)c1ccc(C(=O)C2=CCCC(Cn3cc4c(OC)c(C(=O)NCCOC)ccc4n3)CCC2)c(F)c1. The van der Waals surface area contributed by atoms with Crippen molar-refractivity contribution in [1.29, 1.82) is 0 Å². The number of hydrogen-bond donors (Lipinski definition) is 1. The Hall–Kier alpha value is -3.92. The van der Waals surface area contributed by atoms with Gasteiger partial charge in [-0.15, -0.1) is 0 Å². The second-order valence-corrected chi connectivity index (χ2v) is 10.1. The molecule has 1 aliphatic rings. The smallest absolute Gasteiger partial charge is 0.291 e. The molecule has 0 saturated carbocycles. The standard InChI is InChI=1S/C31H34F3N3O4/c1-4-31(33,34)22-11-12-23(26(32)17-22)28(38)21-9-5-7-20(8-6-10-21)18-37-19-25-27(36-37)14-13-24(29(25)41-3)30(39)35-15-16-40-2/h4,9,11-14,17,19-20H,1,5-8,10,15-16,18H2,2-3H3,(H,35,39). The van der Waals surface area contributed by atoms with Crippen LogP contribution in [0.5, 0.6) is 5.75 Å². The summed E-state index contributed by atoms with van der Waals surface area (Å²) in [5, 5.41) is 8.23. The first-order chi connectivity index (χ1) is 19.7. The van der Waals surface area contributed by atoms with Crippen LogP contribution in [0.25, 0.3) is 10.9 Å². The summed E-state index contributed by atoms with van der Waals surface area (Å²) in [4.78, 5) is 25.7. The fourth-order valence-electron chi connectivity index (χ4n) is 5.14. The van der Waals surface area contributed by atoms with E-state index in [1.165, 1.54) is 7.11 Å². The number of Topliss-reactive ketones (excluding diaryl/α,β-unsaturated/α-hetero) is 1. The number of ether oxygens (including phenoxy) is 2. The Morgan fingerprint density at radius 1 is 1.20 bits per heavy atom. The number of aromatic nitrogens is 2. The highest BCUT2D eigenvalue weighted by Gasteiger charge is 2.29. The lowest BCUT2D eigenvalue weighted by Gasteiger charge is -2.20. The summed E-state index contributed by atoms with van der Waals surface area (Å²) in [6.07, 6.45) is 7.59. The number of ketones is 1. The Bertz CT molecular complexity index is 1460. The normalized spacial score (nSPS) is 16.0. The Morgan fingerprint density at radius 3 is 2.68 bits per heavy atom. The molecule has 218 valence electrons. The predicted octanol–water partition coefficient (Wildman–Crippen LogP) is 6.23. The molecule has 0 saturated heterocycles. The number of fused-ring (bicyclic) bond motifs is 1. The minimum atomic E-state index is -3.37. The van der Waals surface area contributed by atoms with Crippen molar-refractivity contribution in [1.82, 2.24) is 15.1 Å². The van der Waals surface area contributed by atoms with Crippen LogP contribution >= 0.6 is 0 Å². The van der Waals surface area contributed by atoms with Gasteiger partial charge in [0.15, 0.2) is 5.78 Å². The molecule has 0 fully saturated rings. The van der Waals surface area contributed by atoms with E-state index >= 15 is 0 Å². The fourth-order valence-corrected chi connectivity index (χ4v) is 5.14. The maximum absolute atomic E-state index is 14.6. The third-order valence-electron chi connectivity index (χ3n) is 7.34. The molecule has 1 amide bonds. The molecule has 1 aromatic heterocycles. The molecule has 2 aromatic carbocycles. The number of hydrogen-bond acceptors (Lipinski definition) is 5. The van der Waals surface area contributed by atoms with Gasteiger partial charge in [0.1, 0.15) is 11.6 Å². The van der Waals surface area contributed by atoms with E-state index in [2.05, 4.69) is 17.0 Å². The van der Waals surface area contributed by atoms with Crippen LogP contribution in [-0.4, -0.2) is 48.8 Å². The summed E-state index contributed by atoms with van der Waals surface area (Å²) < 4.78 is 54.7. The number of carbonyl (C=O) groups excluding carboxylic acids is 2. The lowest BCUT2D eigenvalue weighted by molar-refractivity contribution is 0.0521. The van der Waals surface area contributed by atoms with E-state index in [9.17, 15) is 22.8 Å². The van der Waals surface area contributed by atoms with Crippen LogP contribution in [0.2, 0.25) is 0 Å². The fraction of sp³-hybridized carbons (Fsp3) is 0.387. The average Bonchev–Trinajstić information content (AvgIpc) is 3.36. The maximum Gasteiger partial charge on any atom is 0.291 e. The van der Waals surface area contributed by atoms with Gasteiger partial charge in [-0.25, -0.2) is 4.39 Å². The van der Waals surface area contributed by atoms with Crippen molar-refractivity contribution in [3.63, 3.8) is 0 Å². The third-order valence-corrected chi connectivity index (χ3v) is 7.34. The lowest BCUT2D eigenvalue weighted by atomic mass is 9.88. The molecule has 1 heterocycles. The molecule has 7 nitrogen and oxygen atoms in total. The Labute approximate surface area is 237 Å². The molecule has 1 atom stereocenters. The molecule has 1 unspecified atom stereocenters. The molecule has 4 rings (SSSR count). The van der Waals surface area contributed by atoms with E-state index in [4.69, 9.17) is 9.47 Å². The number of alkyl halides is 2. The highest BCUT2D eigenvalue weighted by atomic mass is 19.3. The largest absolute Gasteiger partial charge is 0.495 e. The molecule has 0 spiro atoms. The van der Waals surface area contributed by atoms with Crippen LogP contribution in [0.15, 0.2) is 60.8 Å². The lowest BCUT2D eigenvalue weighted by Crippen LogP contribution is -2.27. The molecule has 0 radical (unpaired) electrons. The van der Waals surface area contributed by atoms with E-state index in [1.54, 1.807) is 19.2 Å². The minimum absolute atomic E-state index is 0.207. The van der Waals surface area contributed by atoms with E-state index < -0.39 is 23.1 Å². The van der Waals surface area contributed by atoms with Crippen molar-refractivity contribution in [3.05, 3.63) is 83.3 Å². The van der Waals surface area contributed by atoms with E-state index in [0.717, 1.165) is 30.4 Å². The van der Waals surface area contributed by atoms with E-state index in [0.29, 0.717) is 73.5 Å². The van der Waals surface area contributed by atoms with Gasteiger partial charge in [0, 0.05) is 32.0 Å². The number of rotatable bonds is 11. The van der Waals surface area contributed by atoms with Gasteiger partial charge in [-0.05, 0) is 73.9 Å². The molecular weight excluding hydrogens is 535 g/mol. The summed E-state index contributed by atoms with van der Waals surface area (Å²) in [6.45, 7) is 4.52. The van der Waals surface area contributed by atoms with Crippen LogP contribution in [0.3, 0.4) is 0 Å². The molecule has 0 bridgehead atoms. The van der Waals surface area contributed by atoms with Crippen LogP contribution in [-0.2, 0) is 17.2 Å². The molecule has 0 aliphatic heterocycles. The van der Waals surface area contributed by atoms with Crippen molar-refractivity contribution in [2.45, 2.75) is 44.6 Å². The number of benzene rings is 2. The molecule has 1 N–H and O–H groups in total. The molecule has 3 aromatic rings. The van der Waals surface area contributed by atoms with Crippen molar-refractivity contribution < 1.29 is 32.2 Å². The summed E-state index contributed by atoms with van der Waals surface area (Å²) in [5.74, 6) is -4.31. The zero-order chi connectivity index (χ0) is 29.6. The number of halogens is 3. The van der Waals surface area contributed by atoms with Crippen LogP contribution in [0.1, 0.15) is 58.4 Å². The van der Waals surface area contributed by atoms with Crippen molar-refractivity contribution >= 4 is 22.6 Å². The maximum atomic E-state index is 14.6. The second kappa shape index (κ2) is 13.2. The zero-order valence-corrected chi connectivity index (χ0v) is 23.2. The van der Waals surface area contributed by atoms with E-state index in [1.807, 2.05) is 17.0 Å². The van der Waals surface area contributed by atoms with Crippen LogP contribution in [0.4, 0.5) is 13.2 Å². The van der Waals surface area contributed by atoms with Gasteiger partial charge in [0.05, 0.1) is 35.7 Å². The predicted molar refractivity (Wildman–Crippen MR) is 150 cm³/mol. The number of amides is 1. The van der Waals surface area contributed by atoms with Gasteiger partial charge in [-0.2, -0.15) is 13.9 Å². The van der Waals surface area contributed by atoms with Gasteiger partial charge < -0.3 is 14.8 Å². The number of nitrogens with zero attached hydrogens (tertiary/aromatic N) is 2. The average molecular weight is 570 g/mol. The first-order valence-corrected chi connectivity index (χ1v) is 13.5. The molecule has 1 aliphatic carbocycles. The van der Waals surface area contributed by atoms with Gasteiger partial charge in [-0.1, -0.05) is 18.7 Å². The van der Waals surface area contributed by atoms with Crippen molar-refractivity contribution in [2.75, 3.05) is 27.4 Å². The Morgan fingerprint density at radius 2 is 1.98 bits per heavy atom. The summed E-state index contributed by atoms with van der Waals surface area (Å²) in [7, 11) is 3.09. The highest BCUT2D eigenvalue weighted by Crippen LogP contribution is 2.33. The number of carbonyl (C=O) groups is 2. The molecule has 41 heavy (non-hydrogen) atoms. The third kappa shape index (κ3) is 6.87. The first-order valence-electron chi connectivity index (χ1n) is 13.5. The number of allylic oxidation sites excluding steroid dienone is 3. The topological polar surface area (TPSA) is 82.5 Å². The highest BCUT2D eigenvalue weighted by molar-refractivity contribution is 6.09. The Balaban J connectivity index is 1.43. The molecule has 10 heteroatoms. The van der Waals surface area contributed by atoms with Crippen LogP contribution in [0, 0.1) is 11.7 Å². The first kappa shape index (κ1) is 30.0. The second-order valence-electron chi connectivity index (χ2n) is 10.1. The van der Waals surface area contributed by atoms with Crippen LogP contribution < -0.4 is 10.1 Å². The van der Waals surface area contributed by atoms with Gasteiger partial charge in [-0.3, -0.25) is 14.3 Å². The summed E-state index contributed by atoms with van der Waals surface area (Å²) >= 11 is 0. The van der Waals surface area contributed by atoms with Gasteiger partial charge in [0.2, 0.25) is 0 Å². The van der Waals surface area contributed by atoms with Crippen molar-refractivity contribution in [3.8, 4) is 5.75 Å². The number of nitrogens with one attached hydrogen (secondary N) is 1. The molecular formula is C31H34F3N3O4. The summed E-state index contributed by atoms with van der Waals surface area (Å²) in [6, 6.07) is 6.38. The van der Waals surface area contributed by atoms with E-state index in [-0.39, 0.29) is 17.4 Å². The number of methoxy groups -OCH3 is 2. The zero-order valence-electron chi connectivity index (χ0n) is 23.2. The van der Waals surface area contributed by atoms with Gasteiger partial charge in [0.25, 0.3) is 11.8 Å². The minimum Gasteiger partial charge on any atom is -0.495 e. The monoisotopic (exact) mass is 569 g/mol. The van der Waals surface area contributed by atoms with Gasteiger partial charge >= 0.3 is 0 Å². The summed E-state index contributed by atoms with van der Waals surface area (Å²) in [5.41, 5.74) is 0.885. The quantitative estimate of drug-likeness (QED) is 0.168.